The molecule has 2 aliphatic rings. The first-order chi connectivity index (χ1) is 15.5. The Bertz CT molecular complexity index is 978. The summed E-state index contributed by atoms with van der Waals surface area (Å²) in [5, 5.41) is 23.2. The summed E-state index contributed by atoms with van der Waals surface area (Å²) in [6, 6.07) is 14.7. The summed E-state index contributed by atoms with van der Waals surface area (Å²) < 4.78 is 5.55. The van der Waals surface area contributed by atoms with Gasteiger partial charge < -0.3 is 25.6 Å². The maximum atomic E-state index is 12.4. The fraction of sp³-hybridized carbons (Fsp3) is 0.375. The number of alkyl carbamates (subject to hydrolysis) is 1. The maximum absolute atomic E-state index is 12.4. The highest BCUT2D eigenvalue weighted by atomic mass is 16.5. The van der Waals surface area contributed by atoms with Crippen LogP contribution in [0.2, 0.25) is 0 Å². The minimum Gasteiger partial charge on any atom is -0.480 e. The Morgan fingerprint density at radius 1 is 1.00 bits per heavy atom. The van der Waals surface area contributed by atoms with E-state index in [1.54, 1.807) is 0 Å². The molecule has 168 valence electrons. The molecule has 0 heterocycles. The maximum Gasteiger partial charge on any atom is 0.407 e. The zero-order valence-corrected chi connectivity index (χ0v) is 17.5. The highest BCUT2D eigenvalue weighted by Gasteiger charge is 2.34. The van der Waals surface area contributed by atoms with Gasteiger partial charge in [-0.25, -0.2) is 9.59 Å². The molecule has 4 N–H and O–H groups in total. The Balaban J connectivity index is 1.30. The minimum absolute atomic E-state index is 0.0262. The van der Waals surface area contributed by atoms with E-state index in [2.05, 4.69) is 34.9 Å². The van der Waals surface area contributed by atoms with Gasteiger partial charge in [0.05, 0.1) is 6.61 Å². The molecular formula is C24H26N2O6. The number of carbonyl (C=O) groups excluding carboxylic acids is 2. The van der Waals surface area contributed by atoms with E-state index in [1.807, 2.05) is 24.3 Å². The number of fused-ring (bicyclic) bond motifs is 3. The zero-order chi connectivity index (χ0) is 22.7. The second-order valence-corrected chi connectivity index (χ2v) is 8.26. The van der Waals surface area contributed by atoms with Crippen molar-refractivity contribution in [3.63, 3.8) is 0 Å². The number of amides is 2. The predicted octanol–water partition coefficient (Wildman–Crippen LogP) is 2.26. The van der Waals surface area contributed by atoms with Gasteiger partial charge in [0.1, 0.15) is 12.6 Å². The molecule has 3 atom stereocenters. The van der Waals surface area contributed by atoms with Crippen molar-refractivity contribution >= 4 is 18.0 Å². The molecule has 1 fully saturated rings. The van der Waals surface area contributed by atoms with Gasteiger partial charge in [0, 0.05) is 17.9 Å². The minimum atomic E-state index is -1.32. The molecule has 0 radical (unpaired) electrons. The number of carboxylic acid groups (broad SMARTS) is 1. The van der Waals surface area contributed by atoms with Crippen molar-refractivity contribution in [3.05, 3.63) is 59.7 Å². The number of rotatable bonds is 7. The molecule has 2 aliphatic carbocycles. The van der Waals surface area contributed by atoms with E-state index in [1.165, 1.54) is 0 Å². The standard InChI is InChI=1S/C24H26N2O6/c27-12-21(23(29)30)26-22(28)14-9-10-15(11-14)25-24(31)32-13-20-18-7-3-1-5-16(18)17-6-2-4-8-19(17)20/h1-8,14-15,20-21,27H,9-13H2,(H,25,31)(H,26,28)(H,29,30)/t14-,15+,21?/m1/s1. The number of aliphatic hydroxyl groups excluding tert-OH is 1. The third-order valence-electron chi connectivity index (χ3n) is 6.27. The van der Waals surface area contributed by atoms with Crippen LogP contribution in [0.1, 0.15) is 36.3 Å². The first kappa shape index (κ1) is 21.8. The number of carbonyl (C=O) groups is 3. The third kappa shape index (κ3) is 4.45. The topological polar surface area (TPSA) is 125 Å². The number of benzene rings is 2. The number of hydrogen-bond donors (Lipinski definition) is 4. The van der Waals surface area contributed by atoms with Gasteiger partial charge in [-0.05, 0) is 41.5 Å². The van der Waals surface area contributed by atoms with Crippen molar-refractivity contribution in [2.24, 2.45) is 5.92 Å². The van der Waals surface area contributed by atoms with Crippen LogP contribution in [-0.2, 0) is 14.3 Å². The normalized spacial score (nSPS) is 20.2. The van der Waals surface area contributed by atoms with Crippen molar-refractivity contribution in [3.8, 4) is 11.1 Å². The second-order valence-electron chi connectivity index (χ2n) is 8.26. The molecule has 8 heteroatoms. The van der Waals surface area contributed by atoms with Crippen molar-refractivity contribution in [1.29, 1.82) is 0 Å². The molecule has 2 aromatic rings. The lowest BCUT2D eigenvalue weighted by molar-refractivity contribution is -0.143. The van der Waals surface area contributed by atoms with Crippen molar-refractivity contribution in [2.75, 3.05) is 13.2 Å². The van der Waals surface area contributed by atoms with Gasteiger partial charge in [-0.3, -0.25) is 4.79 Å². The Kier molecular flexibility index (Phi) is 6.41. The first-order valence-corrected chi connectivity index (χ1v) is 10.7. The van der Waals surface area contributed by atoms with E-state index in [4.69, 9.17) is 14.9 Å². The van der Waals surface area contributed by atoms with Crippen LogP contribution in [0.25, 0.3) is 11.1 Å². The van der Waals surface area contributed by atoms with Crippen LogP contribution in [0.5, 0.6) is 0 Å². The number of carboxylic acids is 1. The molecule has 2 amide bonds. The van der Waals surface area contributed by atoms with Gasteiger partial charge in [-0.2, -0.15) is 0 Å². The number of aliphatic hydroxyl groups is 1. The molecule has 2 aromatic carbocycles. The van der Waals surface area contributed by atoms with E-state index in [0.717, 1.165) is 22.3 Å². The Morgan fingerprint density at radius 3 is 2.22 bits per heavy atom. The lowest BCUT2D eigenvalue weighted by atomic mass is 9.98. The summed E-state index contributed by atoms with van der Waals surface area (Å²) in [5.74, 6) is -2.15. The van der Waals surface area contributed by atoms with Crippen molar-refractivity contribution < 1.29 is 29.3 Å². The second kappa shape index (κ2) is 9.40. The van der Waals surface area contributed by atoms with Gasteiger partial charge in [0.25, 0.3) is 0 Å². The summed E-state index contributed by atoms with van der Waals surface area (Å²) in [6.07, 6.45) is 0.988. The fourth-order valence-corrected chi connectivity index (χ4v) is 4.63. The Morgan fingerprint density at radius 2 is 1.62 bits per heavy atom. The summed E-state index contributed by atoms with van der Waals surface area (Å²) in [6.45, 7) is -0.456. The molecule has 1 saturated carbocycles. The van der Waals surface area contributed by atoms with Gasteiger partial charge in [-0.15, -0.1) is 0 Å². The van der Waals surface area contributed by atoms with Crippen molar-refractivity contribution in [1.82, 2.24) is 10.6 Å². The highest BCUT2D eigenvalue weighted by molar-refractivity contribution is 5.85. The molecule has 0 saturated heterocycles. The summed E-state index contributed by atoms with van der Waals surface area (Å²) in [4.78, 5) is 35.7. The highest BCUT2D eigenvalue weighted by Crippen LogP contribution is 2.44. The molecule has 8 nitrogen and oxygen atoms in total. The third-order valence-corrected chi connectivity index (χ3v) is 6.27. The van der Waals surface area contributed by atoms with Gasteiger partial charge in [0.15, 0.2) is 0 Å². The van der Waals surface area contributed by atoms with Gasteiger partial charge in [-0.1, -0.05) is 48.5 Å². The molecule has 0 aromatic heterocycles. The van der Waals surface area contributed by atoms with Crippen LogP contribution in [0.4, 0.5) is 4.79 Å². The first-order valence-electron chi connectivity index (χ1n) is 10.7. The monoisotopic (exact) mass is 438 g/mol. The van der Waals surface area contributed by atoms with E-state index >= 15 is 0 Å². The Labute approximate surface area is 185 Å². The van der Waals surface area contributed by atoms with Crippen LogP contribution in [0.15, 0.2) is 48.5 Å². The number of aliphatic carboxylic acids is 1. The quantitative estimate of drug-likeness (QED) is 0.526. The van der Waals surface area contributed by atoms with Crippen LogP contribution in [-0.4, -0.2) is 53.5 Å². The average Bonchev–Trinajstić information content (AvgIpc) is 3.38. The van der Waals surface area contributed by atoms with Crippen LogP contribution >= 0.6 is 0 Å². The number of nitrogens with one attached hydrogen (secondary N) is 2. The lowest BCUT2D eigenvalue weighted by Gasteiger charge is -2.17. The average molecular weight is 438 g/mol. The smallest absolute Gasteiger partial charge is 0.407 e. The van der Waals surface area contributed by atoms with Gasteiger partial charge in [0.2, 0.25) is 5.91 Å². The molecule has 1 unspecified atom stereocenters. The predicted molar refractivity (Wildman–Crippen MR) is 116 cm³/mol. The van der Waals surface area contributed by atoms with Crippen molar-refractivity contribution in [2.45, 2.75) is 37.3 Å². The summed E-state index contributed by atoms with van der Waals surface area (Å²) in [7, 11) is 0. The molecule has 32 heavy (non-hydrogen) atoms. The fourth-order valence-electron chi connectivity index (χ4n) is 4.63. The van der Waals surface area contributed by atoms with Crippen LogP contribution in [0, 0.1) is 5.92 Å². The van der Waals surface area contributed by atoms with E-state index < -0.39 is 36.5 Å². The van der Waals surface area contributed by atoms with E-state index in [-0.39, 0.29) is 18.6 Å². The van der Waals surface area contributed by atoms with Gasteiger partial charge >= 0.3 is 12.1 Å². The molecule has 0 bridgehead atoms. The molecule has 0 spiro atoms. The molecule has 0 aliphatic heterocycles. The number of ether oxygens (including phenoxy) is 1. The largest absolute Gasteiger partial charge is 0.480 e. The SMILES string of the molecule is O=C(N[C@H]1CC[C@@H](C(=O)NC(CO)C(=O)O)C1)OCC1c2ccccc2-c2ccccc21. The number of hydrogen-bond acceptors (Lipinski definition) is 5. The zero-order valence-electron chi connectivity index (χ0n) is 17.5. The summed E-state index contributed by atoms with van der Waals surface area (Å²) in [5.41, 5.74) is 4.58. The molecular weight excluding hydrogens is 412 g/mol. The van der Waals surface area contributed by atoms with E-state index in [9.17, 15) is 14.4 Å². The van der Waals surface area contributed by atoms with E-state index in [0.29, 0.717) is 19.3 Å². The van der Waals surface area contributed by atoms with Crippen LogP contribution in [0.3, 0.4) is 0 Å². The Hall–Kier alpha value is -3.39. The lowest BCUT2D eigenvalue weighted by Crippen LogP contribution is -2.45. The summed E-state index contributed by atoms with van der Waals surface area (Å²) >= 11 is 0. The molecule has 4 rings (SSSR count). The van der Waals surface area contributed by atoms with Crippen LogP contribution < -0.4 is 10.6 Å².